The molecule has 0 aromatic heterocycles. The molecule has 0 aliphatic rings. The highest BCUT2D eigenvalue weighted by atomic mass is 16.5. The standard InChI is InChI=1S/C10H22N2O3/c1-4-12(6-7-15-5-2)8-9(11)10(13)14-3/h9H,4-8,11H2,1-3H3. The summed E-state index contributed by atoms with van der Waals surface area (Å²) < 4.78 is 9.80. The van der Waals surface area contributed by atoms with E-state index in [1.165, 1.54) is 7.11 Å². The summed E-state index contributed by atoms with van der Waals surface area (Å²) in [6, 6.07) is -0.573. The first-order valence-electron chi connectivity index (χ1n) is 5.29. The maximum Gasteiger partial charge on any atom is 0.323 e. The molecular formula is C10H22N2O3. The number of hydrogen-bond donors (Lipinski definition) is 1. The zero-order valence-corrected chi connectivity index (χ0v) is 9.86. The first-order chi connectivity index (χ1) is 7.15. The predicted molar refractivity (Wildman–Crippen MR) is 58.6 cm³/mol. The molecule has 0 aromatic carbocycles. The fraction of sp³-hybridized carbons (Fsp3) is 0.900. The van der Waals surface area contributed by atoms with Gasteiger partial charge in [0.1, 0.15) is 6.04 Å². The summed E-state index contributed by atoms with van der Waals surface area (Å²) in [4.78, 5) is 13.2. The van der Waals surface area contributed by atoms with Crippen molar-refractivity contribution >= 4 is 5.97 Å². The molecule has 0 amide bonds. The smallest absolute Gasteiger partial charge is 0.323 e. The van der Waals surface area contributed by atoms with Gasteiger partial charge in [-0.1, -0.05) is 6.92 Å². The molecular weight excluding hydrogens is 196 g/mol. The first kappa shape index (κ1) is 14.3. The van der Waals surface area contributed by atoms with E-state index in [9.17, 15) is 4.79 Å². The van der Waals surface area contributed by atoms with Crippen LogP contribution in [0.5, 0.6) is 0 Å². The highest BCUT2D eigenvalue weighted by Gasteiger charge is 2.16. The predicted octanol–water partition coefficient (Wildman–Crippen LogP) is -0.155. The summed E-state index contributed by atoms with van der Waals surface area (Å²) in [5.74, 6) is -0.371. The number of rotatable bonds is 8. The highest BCUT2D eigenvalue weighted by molar-refractivity contribution is 5.75. The summed E-state index contributed by atoms with van der Waals surface area (Å²) >= 11 is 0. The van der Waals surface area contributed by atoms with Crippen LogP contribution in [0.3, 0.4) is 0 Å². The van der Waals surface area contributed by atoms with Crippen LogP contribution in [0.15, 0.2) is 0 Å². The van der Waals surface area contributed by atoms with Gasteiger partial charge in [0.25, 0.3) is 0 Å². The molecule has 1 unspecified atom stereocenters. The molecule has 5 heteroatoms. The van der Waals surface area contributed by atoms with E-state index in [1.54, 1.807) is 0 Å². The SMILES string of the molecule is CCOCCN(CC)CC(N)C(=O)OC. The Morgan fingerprint density at radius 1 is 1.47 bits per heavy atom. The highest BCUT2D eigenvalue weighted by Crippen LogP contribution is 1.93. The van der Waals surface area contributed by atoms with E-state index in [0.717, 1.165) is 13.1 Å². The van der Waals surface area contributed by atoms with Gasteiger partial charge in [-0.05, 0) is 13.5 Å². The number of carbonyl (C=O) groups is 1. The van der Waals surface area contributed by atoms with Crippen molar-refractivity contribution in [1.29, 1.82) is 0 Å². The Labute approximate surface area is 91.5 Å². The molecule has 0 aromatic rings. The lowest BCUT2D eigenvalue weighted by Crippen LogP contribution is -2.44. The molecule has 0 radical (unpaired) electrons. The van der Waals surface area contributed by atoms with Gasteiger partial charge in [0.05, 0.1) is 13.7 Å². The van der Waals surface area contributed by atoms with Crippen LogP contribution >= 0.6 is 0 Å². The molecule has 0 fully saturated rings. The van der Waals surface area contributed by atoms with E-state index in [1.807, 2.05) is 13.8 Å². The number of hydrogen-bond acceptors (Lipinski definition) is 5. The second-order valence-corrected chi connectivity index (χ2v) is 3.22. The minimum Gasteiger partial charge on any atom is -0.468 e. The average molecular weight is 218 g/mol. The Balaban J connectivity index is 3.81. The summed E-state index contributed by atoms with van der Waals surface area (Å²) in [5.41, 5.74) is 5.65. The van der Waals surface area contributed by atoms with E-state index >= 15 is 0 Å². The van der Waals surface area contributed by atoms with Gasteiger partial charge in [-0.15, -0.1) is 0 Å². The minimum absolute atomic E-state index is 0.371. The fourth-order valence-electron chi connectivity index (χ4n) is 1.22. The first-order valence-corrected chi connectivity index (χ1v) is 5.29. The molecule has 0 saturated heterocycles. The molecule has 0 bridgehead atoms. The third-order valence-electron chi connectivity index (χ3n) is 2.16. The number of esters is 1. The molecule has 0 saturated carbocycles. The number of nitrogens with zero attached hydrogens (tertiary/aromatic N) is 1. The fourth-order valence-corrected chi connectivity index (χ4v) is 1.22. The maximum atomic E-state index is 11.1. The number of methoxy groups -OCH3 is 1. The van der Waals surface area contributed by atoms with Crippen molar-refractivity contribution in [3.63, 3.8) is 0 Å². The van der Waals surface area contributed by atoms with Crippen LogP contribution in [0.2, 0.25) is 0 Å². The van der Waals surface area contributed by atoms with Crippen molar-refractivity contribution in [3.8, 4) is 0 Å². The monoisotopic (exact) mass is 218 g/mol. The Morgan fingerprint density at radius 2 is 2.13 bits per heavy atom. The van der Waals surface area contributed by atoms with E-state index in [2.05, 4.69) is 9.64 Å². The molecule has 2 N–H and O–H groups in total. The number of likely N-dealkylation sites (N-methyl/N-ethyl adjacent to an activating group) is 1. The van der Waals surface area contributed by atoms with Crippen LogP contribution in [0.4, 0.5) is 0 Å². The van der Waals surface area contributed by atoms with Gasteiger partial charge in [0.15, 0.2) is 0 Å². The third-order valence-corrected chi connectivity index (χ3v) is 2.16. The molecule has 0 aliphatic heterocycles. The molecule has 5 nitrogen and oxygen atoms in total. The molecule has 0 heterocycles. The largest absolute Gasteiger partial charge is 0.468 e. The van der Waals surface area contributed by atoms with E-state index in [-0.39, 0.29) is 5.97 Å². The molecule has 0 rings (SSSR count). The maximum absolute atomic E-state index is 11.1. The topological polar surface area (TPSA) is 64.8 Å². The van der Waals surface area contributed by atoms with Gasteiger partial charge >= 0.3 is 5.97 Å². The van der Waals surface area contributed by atoms with Crippen LogP contribution in [0.25, 0.3) is 0 Å². The van der Waals surface area contributed by atoms with Crippen molar-refractivity contribution in [2.45, 2.75) is 19.9 Å². The summed E-state index contributed by atoms with van der Waals surface area (Å²) in [6.45, 7) is 7.49. The summed E-state index contributed by atoms with van der Waals surface area (Å²) in [6.07, 6.45) is 0. The van der Waals surface area contributed by atoms with Crippen LogP contribution in [0, 0.1) is 0 Å². The lowest BCUT2D eigenvalue weighted by molar-refractivity contribution is -0.142. The van der Waals surface area contributed by atoms with Crippen LogP contribution in [-0.4, -0.2) is 56.9 Å². The van der Waals surface area contributed by atoms with E-state index in [4.69, 9.17) is 10.5 Å². The Bertz CT molecular complexity index is 176. The minimum atomic E-state index is -0.573. The normalized spacial score (nSPS) is 12.9. The van der Waals surface area contributed by atoms with Crippen LogP contribution in [0.1, 0.15) is 13.8 Å². The van der Waals surface area contributed by atoms with Gasteiger partial charge in [0.2, 0.25) is 0 Å². The van der Waals surface area contributed by atoms with Gasteiger partial charge in [-0.25, -0.2) is 0 Å². The van der Waals surface area contributed by atoms with Crippen molar-refractivity contribution < 1.29 is 14.3 Å². The molecule has 0 spiro atoms. The Hall–Kier alpha value is -0.650. The summed E-state index contributed by atoms with van der Waals surface area (Å²) in [7, 11) is 1.35. The zero-order valence-electron chi connectivity index (χ0n) is 9.86. The van der Waals surface area contributed by atoms with Crippen LogP contribution < -0.4 is 5.73 Å². The van der Waals surface area contributed by atoms with Crippen molar-refractivity contribution in [2.75, 3.05) is 40.0 Å². The average Bonchev–Trinajstić information content (AvgIpc) is 2.26. The Morgan fingerprint density at radius 3 is 2.60 bits per heavy atom. The van der Waals surface area contributed by atoms with Gasteiger partial charge in [-0.3, -0.25) is 9.69 Å². The van der Waals surface area contributed by atoms with Gasteiger partial charge < -0.3 is 15.2 Å². The van der Waals surface area contributed by atoms with E-state index < -0.39 is 6.04 Å². The van der Waals surface area contributed by atoms with Gasteiger partial charge in [-0.2, -0.15) is 0 Å². The lowest BCUT2D eigenvalue weighted by atomic mass is 10.3. The number of carbonyl (C=O) groups excluding carboxylic acids is 1. The molecule has 1 atom stereocenters. The number of ether oxygens (including phenoxy) is 2. The van der Waals surface area contributed by atoms with Crippen molar-refractivity contribution in [3.05, 3.63) is 0 Å². The number of nitrogens with two attached hydrogens (primary N) is 1. The second kappa shape index (κ2) is 8.64. The van der Waals surface area contributed by atoms with Crippen molar-refractivity contribution in [1.82, 2.24) is 4.90 Å². The Kier molecular flexibility index (Phi) is 8.27. The lowest BCUT2D eigenvalue weighted by Gasteiger charge is -2.22. The third kappa shape index (κ3) is 6.43. The van der Waals surface area contributed by atoms with Crippen LogP contribution in [-0.2, 0) is 14.3 Å². The molecule has 90 valence electrons. The second-order valence-electron chi connectivity index (χ2n) is 3.22. The summed E-state index contributed by atoms with van der Waals surface area (Å²) in [5, 5.41) is 0. The van der Waals surface area contributed by atoms with Gasteiger partial charge in [0, 0.05) is 19.7 Å². The molecule has 15 heavy (non-hydrogen) atoms. The quantitative estimate of drug-likeness (QED) is 0.453. The molecule has 0 aliphatic carbocycles. The zero-order chi connectivity index (χ0) is 11.7. The van der Waals surface area contributed by atoms with E-state index in [0.29, 0.717) is 19.8 Å². The van der Waals surface area contributed by atoms with Crippen molar-refractivity contribution in [2.24, 2.45) is 5.73 Å².